The highest BCUT2D eigenvalue weighted by atomic mass is 35.5. The van der Waals surface area contributed by atoms with Crippen molar-refractivity contribution in [3.63, 3.8) is 0 Å². The number of piperidine rings is 1. The second kappa shape index (κ2) is 10.2. The SMILES string of the molecule is Cc1cccc(NC2CCN(C(=O)[C@H]3NCCO[C@@H]3C)CC2)c1.Cl.Cl. The summed E-state index contributed by atoms with van der Waals surface area (Å²) in [5.41, 5.74) is 2.44. The molecule has 1 aromatic carbocycles. The van der Waals surface area contributed by atoms with E-state index in [1.165, 1.54) is 11.3 Å². The monoisotopic (exact) mass is 389 g/mol. The topological polar surface area (TPSA) is 53.6 Å². The number of anilines is 1. The highest BCUT2D eigenvalue weighted by Crippen LogP contribution is 2.19. The Kier molecular flexibility index (Phi) is 9.00. The molecule has 0 saturated carbocycles. The molecule has 1 amide bonds. The van der Waals surface area contributed by atoms with Gasteiger partial charge in [-0.25, -0.2) is 0 Å². The number of hydrogen-bond donors (Lipinski definition) is 2. The van der Waals surface area contributed by atoms with Crippen molar-refractivity contribution in [1.29, 1.82) is 0 Å². The van der Waals surface area contributed by atoms with E-state index in [9.17, 15) is 4.79 Å². The second-order valence-electron chi connectivity index (χ2n) is 6.62. The number of ether oxygens (including phenoxy) is 1. The first-order valence-corrected chi connectivity index (χ1v) is 8.60. The van der Waals surface area contributed by atoms with E-state index in [0.717, 1.165) is 32.5 Å². The third-order valence-electron chi connectivity index (χ3n) is 4.78. The molecule has 2 N–H and O–H groups in total. The van der Waals surface area contributed by atoms with Gasteiger partial charge in [-0.05, 0) is 44.4 Å². The van der Waals surface area contributed by atoms with E-state index in [-0.39, 0.29) is 42.9 Å². The minimum absolute atomic E-state index is 0. The third-order valence-corrected chi connectivity index (χ3v) is 4.78. The third kappa shape index (κ3) is 5.74. The highest BCUT2D eigenvalue weighted by Gasteiger charge is 2.33. The van der Waals surface area contributed by atoms with Crippen molar-refractivity contribution in [2.45, 2.75) is 44.9 Å². The summed E-state index contributed by atoms with van der Waals surface area (Å²) in [6, 6.07) is 8.70. The molecule has 2 saturated heterocycles. The summed E-state index contributed by atoms with van der Waals surface area (Å²) >= 11 is 0. The standard InChI is InChI=1S/C18H27N3O2.2ClH/c1-13-4-3-5-16(12-13)20-15-6-9-21(10-7-15)18(22)17-14(2)23-11-8-19-17;;/h3-5,12,14-15,17,19-20H,6-11H2,1-2H3;2*1H/t14-,17+;;/m1../s1. The minimum atomic E-state index is -0.190. The first kappa shape index (κ1) is 22.0. The molecule has 0 unspecified atom stereocenters. The number of carbonyl (C=O) groups excluding carboxylic acids is 1. The summed E-state index contributed by atoms with van der Waals surface area (Å²) in [6.45, 7) is 7.15. The number of nitrogens with zero attached hydrogens (tertiary/aromatic N) is 1. The van der Waals surface area contributed by atoms with Crippen molar-refractivity contribution >= 4 is 36.4 Å². The molecule has 0 radical (unpaired) electrons. The summed E-state index contributed by atoms with van der Waals surface area (Å²) in [5.74, 6) is 0.186. The zero-order valence-electron chi connectivity index (χ0n) is 14.9. The van der Waals surface area contributed by atoms with Crippen molar-refractivity contribution in [1.82, 2.24) is 10.2 Å². The molecule has 1 aromatic rings. The van der Waals surface area contributed by atoms with Gasteiger partial charge < -0.3 is 20.3 Å². The number of aryl methyl sites for hydroxylation is 1. The molecule has 0 spiro atoms. The summed E-state index contributed by atoms with van der Waals surface area (Å²) in [6.07, 6.45) is 1.93. The lowest BCUT2D eigenvalue weighted by atomic mass is 10.0. The van der Waals surface area contributed by atoms with Crippen molar-refractivity contribution in [2.75, 3.05) is 31.6 Å². The first-order chi connectivity index (χ1) is 11.1. The lowest BCUT2D eigenvalue weighted by Crippen LogP contribution is -2.58. The highest BCUT2D eigenvalue weighted by molar-refractivity contribution is 5.85. The Morgan fingerprint density at radius 3 is 2.64 bits per heavy atom. The van der Waals surface area contributed by atoms with Crippen LogP contribution < -0.4 is 10.6 Å². The fraction of sp³-hybridized carbons (Fsp3) is 0.611. The zero-order chi connectivity index (χ0) is 16.2. The Bertz CT molecular complexity index is 551. The van der Waals surface area contributed by atoms with Gasteiger partial charge in [-0.2, -0.15) is 0 Å². The number of benzene rings is 1. The molecule has 5 nitrogen and oxygen atoms in total. The van der Waals surface area contributed by atoms with Crippen LogP contribution in [0, 0.1) is 6.92 Å². The Morgan fingerprint density at radius 2 is 2.00 bits per heavy atom. The zero-order valence-corrected chi connectivity index (χ0v) is 16.5. The number of nitrogens with one attached hydrogen (secondary N) is 2. The van der Waals surface area contributed by atoms with E-state index in [1.54, 1.807) is 0 Å². The summed E-state index contributed by atoms with van der Waals surface area (Å²) in [7, 11) is 0. The van der Waals surface area contributed by atoms with Crippen molar-refractivity contribution in [3.8, 4) is 0 Å². The Hall–Kier alpha value is -1.01. The molecule has 0 aliphatic carbocycles. The van der Waals surface area contributed by atoms with Crippen LogP contribution in [-0.2, 0) is 9.53 Å². The average molecular weight is 390 g/mol. The predicted molar refractivity (Wildman–Crippen MR) is 106 cm³/mol. The quantitative estimate of drug-likeness (QED) is 0.833. The van der Waals surface area contributed by atoms with Crippen LogP contribution in [0.2, 0.25) is 0 Å². The van der Waals surface area contributed by atoms with Crippen LogP contribution in [0.1, 0.15) is 25.3 Å². The van der Waals surface area contributed by atoms with Crippen molar-refractivity contribution in [3.05, 3.63) is 29.8 Å². The lowest BCUT2D eigenvalue weighted by molar-refractivity contribution is -0.140. The maximum atomic E-state index is 12.6. The summed E-state index contributed by atoms with van der Waals surface area (Å²) in [4.78, 5) is 14.6. The Morgan fingerprint density at radius 1 is 1.28 bits per heavy atom. The summed E-state index contributed by atoms with van der Waals surface area (Å²) in [5, 5.41) is 6.88. The first-order valence-electron chi connectivity index (χ1n) is 8.60. The van der Waals surface area contributed by atoms with Gasteiger partial charge in [0.1, 0.15) is 6.04 Å². The van der Waals surface area contributed by atoms with E-state index >= 15 is 0 Å². The number of likely N-dealkylation sites (tertiary alicyclic amines) is 1. The maximum Gasteiger partial charge on any atom is 0.242 e. The molecule has 0 aromatic heterocycles. The molecular formula is C18H29Cl2N3O2. The van der Waals surface area contributed by atoms with Gasteiger partial charge in [0.25, 0.3) is 0 Å². The molecule has 25 heavy (non-hydrogen) atoms. The van der Waals surface area contributed by atoms with Crippen LogP contribution in [-0.4, -0.2) is 55.2 Å². The van der Waals surface area contributed by atoms with Crippen molar-refractivity contribution < 1.29 is 9.53 Å². The van der Waals surface area contributed by atoms with E-state index in [0.29, 0.717) is 12.6 Å². The van der Waals surface area contributed by atoms with Gasteiger partial charge in [0.15, 0.2) is 0 Å². The fourth-order valence-electron chi connectivity index (χ4n) is 3.42. The molecular weight excluding hydrogens is 361 g/mol. The van der Waals surface area contributed by atoms with Gasteiger partial charge in [0.05, 0.1) is 12.7 Å². The number of rotatable bonds is 3. The van der Waals surface area contributed by atoms with E-state index < -0.39 is 0 Å². The van der Waals surface area contributed by atoms with Crippen LogP contribution >= 0.6 is 24.8 Å². The fourth-order valence-corrected chi connectivity index (χ4v) is 3.42. The molecule has 2 heterocycles. The molecule has 2 atom stereocenters. The predicted octanol–water partition coefficient (Wildman–Crippen LogP) is 2.62. The Balaban J connectivity index is 0.00000156. The number of halogens is 2. The van der Waals surface area contributed by atoms with Crippen LogP contribution in [0.25, 0.3) is 0 Å². The van der Waals surface area contributed by atoms with Gasteiger partial charge in [-0.15, -0.1) is 24.8 Å². The number of carbonyl (C=O) groups is 1. The number of hydrogen-bond acceptors (Lipinski definition) is 4. The smallest absolute Gasteiger partial charge is 0.242 e. The molecule has 3 rings (SSSR count). The van der Waals surface area contributed by atoms with E-state index in [1.807, 2.05) is 11.8 Å². The van der Waals surface area contributed by atoms with Crippen LogP contribution in [0.15, 0.2) is 24.3 Å². The van der Waals surface area contributed by atoms with E-state index in [4.69, 9.17) is 4.74 Å². The average Bonchev–Trinajstić information content (AvgIpc) is 2.55. The second-order valence-corrected chi connectivity index (χ2v) is 6.62. The molecule has 142 valence electrons. The van der Waals surface area contributed by atoms with Gasteiger partial charge in [-0.1, -0.05) is 12.1 Å². The largest absolute Gasteiger partial charge is 0.382 e. The normalized spacial score (nSPS) is 24.0. The molecule has 0 bridgehead atoms. The van der Waals surface area contributed by atoms with Crippen LogP contribution in [0.4, 0.5) is 5.69 Å². The molecule has 2 fully saturated rings. The maximum absolute atomic E-state index is 12.6. The molecule has 2 aliphatic heterocycles. The summed E-state index contributed by atoms with van der Waals surface area (Å²) < 4.78 is 5.59. The van der Waals surface area contributed by atoms with Gasteiger partial charge in [0, 0.05) is 31.4 Å². The van der Waals surface area contributed by atoms with Gasteiger partial charge >= 0.3 is 0 Å². The molecule has 7 heteroatoms. The number of amides is 1. The lowest BCUT2D eigenvalue weighted by Gasteiger charge is -2.37. The van der Waals surface area contributed by atoms with Crippen LogP contribution in [0.5, 0.6) is 0 Å². The molecule has 2 aliphatic rings. The van der Waals surface area contributed by atoms with Crippen molar-refractivity contribution in [2.24, 2.45) is 0 Å². The van der Waals surface area contributed by atoms with Gasteiger partial charge in [-0.3, -0.25) is 4.79 Å². The van der Waals surface area contributed by atoms with Crippen LogP contribution in [0.3, 0.4) is 0 Å². The Labute approximate surface area is 162 Å². The van der Waals surface area contributed by atoms with E-state index in [2.05, 4.69) is 41.8 Å². The number of morpholine rings is 1. The minimum Gasteiger partial charge on any atom is -0.382 e. The van der Waals surface area contributed by atoms with Gasteiger partial charge in [0.2, 0.25) is 5.91 Å².